The summed E-state index contributed by atoms with van der Waals surface area (Å²) in [7, 11) is 0. The van der Waals surface area contributed by atoms with E-state index in [2.05, 4.69) is 32.1 Å². The molecule has 0 aliphatic carbocycles. The van der Waals surface area contributed by atoms with Gasteiger partial charge in [-0.2, -0.15) is 5.10 Å². The molecule has 4 rings (SSSR count). The molecule has 0 unspecified atom stereocenters. The largest absolute Gasteiger partial charge is 0.281 e. The van der Waals surface area contributed by atoms with Crippen LogP contribution in [-0.4, -0.2) is 19.7 Å². The number of hydrogen-bond acceptors (Lipinski definition) is 4. The number of benzene rings is 2. The highest BCUT2D eigenvalue weighted by atomic mass is 79.9. The lowest BCUT2D eigenvalue weighted by Crippen LogP contribution is -2.03. The summed E-state index contributed by atoms with van der Waals surface area (Å²) in [5.41, 5.74) is 1.24. The molecule has 2 aromatic heterocycles. The number of hydrogen-bond donors (Lipinski definition) is 0. The van der Waals surface area contributed by atoms with E-state index in [4.69, 9.17) is 0 Å². The predicted octanol–water partition coefficient (Wildman–Crippen LogP) is 5.41. The van der Waals surface area contributed by atoms with Gasteiger partial charge in [0.2, 0.25) is 0 Å². The van der Waals surface area contributed by atoms with Crippen LogP contribution in [0.3, 0.4) is 0 Å². The molecule has 0 saturated heterocycles. The topological polar surface area (TPSA) is 73.8 Å². The molecule has 2 aromatic carbocycles. The Morgan fingerprint density at radius 2 is 1.94 bits per heavy atom. The van der Waals surface area contributed by atoms with Crippen LogP contribution in [-0.2, 0) is 11.8 Å². The molecule has 0 N–H and O–H groups in total. The first kappa shape index (κ1) is 20.8. The molecular formula is C22H14BrF2N4O2. The van der Waals surface area contributed by atoms with Gasteiger partial charge in [0, 0.05) is 47.0 Å². The summed E-state index contributed by atoms with van der Waals surface area (Å²) >= 11 is 3.26. The van der Waals surface area contributed by atoms with Crippen LogP contribution in [0.2, 0.25) is 0 Å². The van der Waals surface area contributed by atoms with Crippen molar-refractivity contribution in [2.75, 3.05) is 0 Å². The fourth-order valence-corrected chi connectivity index (χ4v) is 3.70. The van der Waals surface area contributed by atoms with Gasteiger partial charge in [0.1, 0.15) is 11.6 Å². The molecule has 0 saturated carbocycles. The number of nitro groups is 1. The van der Waals surface area contributed by atoms with E-state index in [1.807, 2.05) is 0 Å². The van der Waals surface area contributed by atoms with Crippen molar-refractivity contribution in [2.45, 2.75) is 11.8 Å². The van der Waals surface area contributed by atoms with Crippen LogP contribution in [0.15, 0.2) is 61.1 Å². The molecule has 155 valence electrons. The fourth-order valence-electron chi connectivity index (χ4n) is 3.29. The molecular weight excluding hydrogens is 470 g/mol. The number of rotatable bonds is 6. The minimum absolute atomic E-state index is 0.0949. The molecule has 0 atom stereocenters. The Bertz CT molecular complexity index is 1230. The van der Waals surface area contributed by atoms with Crippen LogP contribution in [0.25, 0.3) is 16.9 Å². The zero-order valence-electron chi connectivity index (χ0n) is 15.9. The number of nitro benzene ring substituents is 1. The first-order valence-electron chi connectivity index (χ1n) is 9.15. The van der Waals surface area contributed by atoms with Crippen molar-refractivity contribution in [3.05, 3.63) is 106 Å². The van der Waals surface area contributed by atoms with Gasteiger partial charge in [-0.1, -0.05) is 22.0 Å². The second kappa shape index (κ2) is 8.73. The number of alkyl halides is 1. The zero-order chi connectivity index (χ0) is 22.0. The van der Waals surface area contributed by atoms with Crippen LogP contribution in [0.1, 0.15) is 16.7 Å². The van der Waals surface area contributed by atoms with Crippen LogP contribution >= 0.6 is 15.9 Å². The molecule has 0 fully saturated rings. The van der Waals surface area contributed by atoms with Gasteiger partial charge in [-0.05, 0) is 48.0 Å². The monoisotopic (exact) mass is 483 g/mol. The van der Waals surface area contributed by atoms with E-state index in [1.165, 1.54) is 30.5 Å². The maximum atomic E-state index is 14.1. The van der Waals surface area contributed by atoms with Crippen LogP contribution in [0.4, 0.5) is 14.5 Å². The molecule has 2 heterocycles. The van der Waals surface area contributed by atoms with Crippen LogP contribution < -0.4 is 0 Å². The van der Waals surface area contributed by atoms with Crippen molar-refractivity contribution in [1.82, 2.24) is 14.8 Å². The Kier molecular flexibility index (Phi) is 5.85. The number of pyridine rings is 1. The fraction of sp³-hybridized carbons (Fsp3) is 0.0909. The van der Waals surface area contributed by atoms with E-state index >= 15 is 0 Å². The second-order valence-electron chi connectivity index (χ2n) is 6.66. The Morgan fingerprint density at radius 3 is 2.52 bits per heavy atom. The van der Waals surface area contributed by atoms with Crippen molar-refractivity contribution in [3.8, 4) is 16.9 Å². The Labute approximate surface area is 184 Å². The Balaban J connectivity index is 1.82. The molecule has 0 aliphatic heterocycles. The third-order valence-corrected chi connectivity index (χ3v) is 5.27. The van der Waals surface area contributed by atoms with Gasteiger partial charge >= 0.3 is 0 Å². The maximum Gasteiger partial charge on any atom is 0.281 e. The lowest BCUT2D eigenvalue weighted by atomic mass is 9.95. The maximum absolute atomic E-state index is 14.1. The van der Waals surface area contributed by atoms with Gasteiger partial charge in [-0.3, -0.25) is 10.1 Å². The van der Waals surface area contributed by atoms with Gasteiger partial charge in [0.15, 0.2) is 5.82 Å². The van der Waals surface area contributed by atoms with Crippen molar-refractivity contribution in [2.24, 2.45) is 0 Å². The Hall–Kier alpha value is -3.46. The molecule has 1 radical (unpaired) electrons. The second-order valence-corrected chi connectivity index (χ2v) is 7.22. The van der Waals surface area contributed by atoms with Crippen LogP contribution in [0, 0.1) is 27.8 Å². The molecule has 0 bridgehead atoms. The quantitative estimate of drug-likeness (QED) is 0.209. The molecule has 4 aromatic rings. The average Bonchev–Trinajstić information content (AvgIpc) is 3.30. The molecule has 0 spiro atoms. The summed E-state index contributed by atoms with van der Waals surface area (Å²) in [6.45, 7) is 0. The summed E-state index contributed by atoms with van der Waals surface area (Å²) in [4.78, 5) is 15.7. The van der Waals surface area contributed by atoms with E-state index < -0.39 is 16.6 Å². The predicted molar refractivity (Wildman–Crippen MR) is 114 cm³/mol. The van der Waals surface area contributed by atoms with Crippen LogP contribution in [0.5, 0.6) is 0 Å². The lowest BCUT2D eigenvalue weighted by molar-refractivity contribution is -0.384. The summed E-state index contributed by atoms with van der Waals surface area (Å²) in [6, 6.07) is 13.2. The third-order valence-electron chi connectivity index (χ3n) is 4.71. The molecule has 31 heavy (non-hydrogen) atoms. The van der Waals surface area contributed by atoms with Crippen molar-refractivity contribution in [3.63, 3.8) is 0 Å². The molecule has 9 heteroatoms. The van der Waals surface area contributed by atoms with Gasteiger partial charge in [0.05, 0.1) is 10.5 Å². The van der Waals surface area contributed by atoms with E-state index in [9.17, 15) is 18.9 Å². The van der Waals surface area contributed by atoms with E-state index in [0.717, 1.165) is 0 Å². The average molecular weight is 484 g/mol. The van der Waals surface area contributed by atoms with E-state index in [-0.39, 0.29) is 28.6 Å². The SMILES string of the molecule is O=[N+]([O-])c1c(CBr)[c]c(Cc2c(F)cccc2F)cc1-c1ccc(-n2cccn2)nc1. The summed E-state index contributed by atoms with van der Waals surface area (Å²) in [5.74, 6) is -0.814. The lowest BCUT2D eigenvalue weighted by Gasteiger charge is -2.12. The number of nitrogens with zero attached hydrogens (tertiary/aromatic N) is 4. The number of halogens is 3. The summed E-state index contributed by atoms with van der Waals surface area (Å²) < 4.78 is 29.8. The normalized spacial score (nSPS) is 10.9. The standard InChI is InChI=1S/C22H14BrF2N4O2/c23-12-16-9-14(11-18-19(24)3-1-4-20(18)25)10-17(22(16)29(30)31)15-5-6-21(26-13-15)28-8-2-7-27-28/h1-8,10,13H,11-12H2. The van der Waals surface area contributed by atoms with Crippen molar-refractivity contribution in [1.29, 1.82) is 0 Å². The molecule has 0 amide bonds. The van der Waals surface area contributed by atoms with Crippen molar-refractivity contribution < 1.29 is 13.7 Å². The zero-order valence-corrected chi connectivity index (χ0v) is 17.5. The summed E-state index contributed by atoms with van der Waals surface area (Å²) in [6.07, 6.45) is 4.75. The first-order chi connectivity index (χ1) is 15.0. The highest BCUT2D eigenvalue weighted by molar-refractivity contribution is 9.08. The Morgan fingerprint density at radius 1 is 1.16 bits per heavy atom. The van der Waals surface area contributed by atoms with E-state index in [0.29, 0.717) is 22.5 Å². The van der Waals surface area contributed by atoms with E-state index in [1.54, 1.807) is 35.3 Å². The van der Waals surface area contributed by atoms with Crippen molar-refractivity contribution >= 4 is 21.6 Å². The molecule has 0 aliphatic rings. The van der Waals surface area contributed by atoms with Gasteiger partial charge in [0.25, 0.3) is 5.69 Å². The number of aromatic nitrogens is 3. The minimum atomic E-state index is -0.682. The highest BCUT2D eigenvalue weighted by Crippen LogP contribution is 2.36. The van der Waals surface area contributed by atoms with Gasteiger partial charge < -0.3 is 0 Å². The van der Waals surface area contributed by atoms with Gasteiger partial charge in [-0.25, -0.2) is 18.4 Å². The first-order valence-corrected chi connectivity index (χ1v) is 10.3. The highest BCUT2D eigenvalue weighted by Gasteiger charge is 2.23. The summed E-state index contributed by atoms with van der Waals surface area (Å²) in [5, 5.41) is 16.1. The molecule has 6 nitrogen and oxygen atoms in total. The third kappa shape index (κ3) is 4.22. The smallest absolute Gasteiger partial charge is 0.258 e. The van der Waals surface area contributed by atoms with Gasteiger partial charge in [-0.15, -0.1) is 0 Å². The minimum Gasteiger partial charge on any atom is -0.258 e.